The van der Waals surface area contributed by atoms with Crippen LogP contribution in [-0.4, -0.2) is 35.3 Å². The summed E-state index contributed by atoms with van der Waals surface area (Å²) < 4.78 is 18.8. The maximum absolute atomic E-state index is 13.4. The fourth-order valence-electron chi connectivity index (χ4n) is 2.60. The lowest BCUT2D eigenvalue weighted by Gasteiger charge is -2.14. The van der Waals surface area contributed by atoms with Gasteiger partial charge in [0.2, 0.25) is 0 Å². The Labute approximate surface area is 150 Å². The number of pyridine rings is 1. The molecule has 3 aromatic rings. The van der Waals surface area contributed by atoms with Crippen molar-refractivity contribution < 1.29 is 19.0 Å². The number of amides is 1. The van der Waals surface area contributed by atoms with Gasteiger partial charge in [-0.05, 0) is 37.3 Å². The molecule has 0 aliphatic carbocycles. The number of aromatic nitrogens is 1. The molecule has 0 fully saturated rings. The van der Waals surface area contributed by atoms with E-state index in [0.29, 0.717) is 27.9 Å². The van der Waals surface area contributed by atoms with Gasteiger partial charge in [-0.1, -0.05) is 18.2 Å². The van der Waals surface area contributed by atoms with Gasteiger partial charge in [-0.2, -0.15) is 0 Å². The van der Waals surface area contributed by atoms with Crippen molar-refractivity contribution in [3.05, 3.63) is 71.7 Å². The third kappa shape index (κ3) is 4.34. The van der Waals surface area contributed by atoms with Crippen molar-refractivity contribution in [2.45, 2.75) is 13.0 Å². The van der Waals surface area contributed by atoms with Crippen molar-refractivity contribution >= 4 is 16.8 Å². The number of carbonyl (C=O) groups excluding carboxylic acids is 1. The van der Waals surface area contributed by atoms with Crippen molar-refractivity contribution in [1.82, 2.24) is 10.3 Å². The average Bonchev–Trinajstić information content (AvgIpc) is 2.64. The molecule has 3 rings (SSSR count). The number of carbonyl (C=O) groups is 1. The zero-order chi connectivity index (χ0) is 18.5. The Bertz CT molecular complexity index is 910. The second kappa shape index (κ2) is 7.93. The van der Waals surface area contributed by atoms with Gasteiger partial charge in [-0.15, -0.1) is 0 Å². The molecule has 26 heavy (non-hydrogen) atoms. The minimum atomic E-state index is -0.856. The first-order valence-corrected chi connectivity index (χ1v) is 8.24. The number of aliphatic hydroxyl groups excluding tert-OH is 1. The van der Waals surface area contributed by atoms with Gasteiger partial charge in [0, 0.05) is 23.7 Å². The lowest BCUT2D eigenvalue weighted by Crippen LogP contribution is -2.35. The summed E-state index contributed by atoms with van der Waals surface area (Å²) >= 11 is 0. The summed E-state index contributed by atoms with van der Waals surface area (Å²) in [4.78, 5) is 16.7. The van der Waals surface area contributed by atoms with E-state index in [4.69, 9.17) is 4.74 Å². The topological polar surface area (TPSA) is 71.5 Å². The molecule has 1 heterocycles. The molecule has 1 atom stereocenters. The van der Waals surface area contributed by atoms with E-state index in [-0.39, 0.29) is 19.1 Å². The summed E-state index contributed by atoms with van der Waals surface area (Å²) in [5, 5.41) is 13.2. The first-order chi connectivity index (χ1) is 12.5. The lowest BCUT2D eigenvalue weighted by molar-refractivity contribution is 0.0845. The van der Waals surface area contributed by atoms with Crippen LogP contribution in [-0.2, 0) is 0 Å². The molecular formula is C20H19FN2O3. The van der Waals surface area contributed by atoms with Gasteiger partial charge in [0.1, 0.15) is 24.3 Å². The molecule has 0 saturated carbocycles. The van der Waals surface area contributed by atoms with Crippen molar-refractivity contribution in [2.75, 3.05) is 13.2 Å². The third-order valence-corrected chi connectivity index (χ3v) is 3.83. The fraction of sp³-hybridized carbons (Fsp3) is 0.200. The molecule has 2 N–H and O–H groups in total. The molecule has 0 aliphatic rings. The van der Waals surface area contributed by atoms with Crippen LogP contribution in [0.25, 0.3) is 10.9 Å². The van der Waals surface area contributed by atoms with E-state index in [1.165, 1.54) is 18.2 Å². The van der Waals surface area contributed by atoms with Crippen LogP contribution in [0.4, 0.5) is 4.39 Å². The number of para-hydroxylation sites is 1. The van der Waals surface area contributed by atoms with Crippen molar-refractivity contribution in [3.63, 3.8) is 0 Å². The molecule has 5 nitrogen and oxygen atoms in total. The largest absolute Gasteiger partial charge is 0.491 e. The van der Waals surface area contributed by atoms with Gasteiger partial charge in [-0.3, -0.25) is 9.78 Å². The summed E-state index contributed by atoms with van der Waals surface area (Å²) in [5.41, 5.74) is 1.42. The molecule has 1 amide bonds. The molecule has 0 spiro atoms. The predicted molar refractivity (Wildman–Crippen MR) is 96.7 cm³/mol. The second-order valence-corrected chi connectivity index (χ2v) is 5.96. The van der Waals surface area contributed by atoms with Crippen LogP contribution >= 0.6 is 0 Å². The second-order valence-electron chi connectivity index (χ2n) is 5.96. The van der Waals surface area contributed by atoms with Crippen LogP contribution in [0.3, 0.4) is 0 Å². The van der Waals surface area contributed by atoms with Crippen molar-refractivity contribution in [3.8, 4) is 5.75 Å². The van der Waals surface area contributed by atoms with Crippen LogP contribution < -0.4 is 10.1 Å². The Balaban J connectivity index is 1.64. The number of aliphatic hydroxyl groups is 1. The maximum atomic E-state index is 13.4. The third-order valence-electron chi connectivity index (χ3n) is 3.83. The molecular weight excluding hydrogens is 335 g/mol. The Hall–Kier alpha value is -2.99. The summed E-state index contributed by atoms with van der Waals surface area (Å²) in [6.45, 7) is 1.84. The smallest absolute Gasteiger partial charge is 0.252 e. The van der Waals surface area contributed by atoms with E-state index in [1.54, 1.807) is 25.1 Å². The number of benzene rings is 2. The van der Waals surface area contributed by atoms with E-state index in [0.717, 1.165) is 0 Å². The lowest BCUT2D eigenvalue weighted by atomic mass is 10.1. The van der Waals surface area contributed by atoms with Gasteiger partial charge in [-0.25, -0.2) is 4.39 Å². The minimum Gasteiger partial charge on any atom is -0.491 e. The normalized spacial score (nSPS) is 12.0. The number of rotatable bonds is 6. The minimum absolute atomic E-state index is 0.0374. The summed E-state index contributed by atoms with van der Waals surface area (Å²) in [7, 11) is 0. The Kier molecular flexibility index (Phi) is 5.43. The fourth-order valence-corrected chi connectivity index (χ4v) is 2.60. The highest BCUT2D eigenvalue weighted by atomic mass is 19.1. The molecule has 0 saturated heterocycles. The zero-order valence-corrected chi connectivity index (χ0v) is 14.3. The van der Waals surface area contributed by atoms with E-state index in [9.17, 15) is 14.3 Å². The molecule has 0 unspecified atom stereocenters. The highest BCUT2D eigenvalue weighted by molar-refractivity contribution is 6.06. The van der Waals surface area contributed by atoms with E-state index in [2.05, 4.69) is 10.3 Å². The number of fused-ring (bicyclic) bond motifs is 1. The van der Waals surface area contributed by atoms with Gasteiger partial charge < -0.3 is 15.2 Å². The molecule has 0 aliphatic heterocycles. The Morgan fingerprint density at radius 2 is 2.00 bits per heavy atom. The number of aryl methyl sites for hydroxylation is 1. The molecule has 134 valence electrons. The molecule has 0 bridgehead atoms. The van der Waals surface area contributed by atoms with Crippen molar-refractivity contribution in [1.29, 1.82) is 0 Å². The van der Waals surface area contributed by atoms with Crippen LogP contribution in [0, 0.1) is 12.7 Å². The highest BCUT2D eigenvalue weighted by Crippen LogP contribution is 2.19. The first kappa shape index (κ1) is 17.8. The van der Waals surface area contributed by atoms with E-state index < -0.39 is 11.9 Å². The Morgan fingerprint density at radius 3 is 2.77 bits per heavy atom. The number of hydrogen-bond donors (Lipinski definition) is 2. The summed E-state index contributed by atoms with van der Waals surface area (Å²) in [5.74, 6) is -0.114. The number of halogens is 1. The monoisotopic (exact) mass is 354 g/mol. The van der Waals surface area contributed by atoms with Gasteiger partial charge in [0.15, 0.2) is 0 Å². The number of nitrogens with one attached hydrogen (secondary N) is 1. The van der Waals surface area contributed by atoms with E-state index in [1.807, 2.05) is 18.2 Å². The summed E-state index contributed by atoms with van der Waals surface area (Å²) in [6.07, 6.45) is -0.856. The number of ether oxygens (including phenoxy) is 1. The van der Waals surface area contributed by atoms with Crippen LogP contribution in [0.15, 0.2) is 54.6 Å². The predicted octanol–water partition coefficient (Wildman–Crippen LogP) is 2.85. The SMILES string of the molecule is Cc1cc(C(=O)NC[C@H](O)COc2ccccc2)c2ccc(F)cc2n1. The van der Waals surface area contributed by atoms with Crippen LogP contribution in [0.1, 0.15) is 16.1 Å². The maximum Gasteiger partial charge on any atom is 0.252 e. The van der Waals surface area contributed by atoms with Crippen LogP contribution in [0.2, 0.25) is 0 Å². The summed E-state index contributed by atoms with van der Waals surface area (Å²) in [6, 6.07) is 14.9. The number of hydrogen-bond acceptors (Lipinski definition) is 4. The van der Waals surface area contributed by atoms with E-state index >= 15 is 0 Å². The quantitative estimate of drug-likeness (QED) is 0.714. The number of nitrogens with zero attached hydrogens (tertiary/aromatic N) is 1. The molecule has 1 aromatic heterocycles. The Morgan fingerprint density at radius 1 is 1.23 bits per heavy atom. The molecule has 2 aromatic carbocycles. The average molecular weight is 354 g/mol. The van der Waals surface area contributed by atoms with Crippen LogP contribution in [0.5, 0.6) is 5.75 Å². The zero-order valence-electron chi connectivity index (χ0n) is 14.3. The standard InChI is InChI=1S/C20H19FN2O3/c1-13-9-18(17-8-7-14(21)10-19(17)23-13)20(25)22-11-15(24)12-26-16-5-3-2-4-6-16/h2-10,15,24H,11-12H2,1H3,(H,22,25)/t15-/m0/s1. The first-order valence-electron chi connectivity index (χ1n) is 8.24. The molecule has 0 radical (unpaired) electrons. The van der Waals surface area contributed by atoms with Gasteiger partial charge in [0.25, 0.3) is 5.91 Å². The highest BCUT2D eigenvalue weighted by Gasteiger charge is 2.14. The molecule has 6 heteroatoms. The van der Waals surface area contributed by atoms with Gasteiger partial charge >= 0.3 is 0 Å². The van der Waals surface area contributed by atoms with Crippen molar-refractivity contribution in [2.24, 2.45) is 0 Å². The van der Waals surface area contributed by atoms with Gasteiger partial charge in [0.05, 0.1) is 11.1 Å².